The van der Waals surface area contributed by atoms with Gasteiger partial charge in [-0.25, -0.2) is 0 Å². The zero-order valence-corrected chi connectivity index (χ0v) is 12.6. The van der Waals surface area contributed by atoms with E-state index < -0.39 is 0 Å². The van der Waals surface area contributed by atoms with Crippen LogP contribution in [0.1, 0.15) is 10.4 Å². The zero-order valence-electron chi connectivity index (χ0n) is 11.0. The molecule has 1 aromatic heterocycles. The minimum Gasteiger partial charge on any atom is -0.486 e. The average Bonchev–Trinajstić information content (AvgIpc) is 2.89. The van der Waals surface area contributed by atoms with Gasteiger partial charge < -0.3 is 14.8 Å². The van der Waals surface area contributed by atoms with Crippen LogP contribution in [0.2, 0.25) is 4.34 Å². The highest BCUT2D eigenvalue weighted by Crippen LogP contribution is 2.30. The van der Waals surface area contributed by atoms with Gasteiger partial charge in [-0.05, 0) is 36.2 Å². The van der Waals surface area contributed by atoms with Crippen LogP contribution in [0.5, 0.6) is 11.5 Å². The van der Waals surface area contributed by atoms with Crippen molar-refractivity contribution in [1.29, 1.82) is 0 Å². The van der Waals surface area contributed by atoms with Crippen molar-refractivity contribution in [2.24, 2.45) is 0 Å². The first-order valence-corrected chi connectivity index (χ1v) is 7.84. The molecule has 0 fully saturated rings. The third kappa shape index (κ3) is 3.45. The fraction of sp³-hybridized carbons (Fsp3) is 0.333. The summed E-state index contributed by atoms with van der Waals surface area (Å²) in [5.41, 5.74) is 1.21. The Hall–Kier alpha value is -1.23. The molecule has 106 valence electrons. The summed E-state index contributed by atoms with van der Waals surface area (Å²) in [4.78, 5) is 1.31. The molecule has 2 aromatic rings. The number of benzene rings is 1. The molecular weight excluding hydrogens is 294 g/mol. The van der Waals surface area contributed by atoms with Gasteiger partial charge in [-0.15, -0.1) is 11.3 Å². The summed E-state index contributed by atoms with van der Waals surface area (Å²) in [6.07, 6.45) is 1.00. The van der Waals surface area contributed by atoms with Gasteiger partial charge in [0.2, 0.25) is 0 Å². The first-order valence-electron chi connectivity index (χ1n) is 6.65. The molecule has 3 rings (SSSR count). The first kappa shape index (κ1) is 13.7. The van der Waals surface area contributed by atoms with Crippen LogP contribution in [0, 0.1) is 0 Å². The van der Waals surface area contributed by atoms with E-state index in [0.717, 1.165) is 35.3 Å². The maximum absolute atomic E-state index is 5.91. The maximum atomic E-state index is 5.91. The molecule has 5 heteroatoms. The fourth-order valence-corrected chi connectivity index (χ4v) is 3.22. The van der Waals surface area contributed by atoms with E-state index in [0.29, 0.717) is 13.2 Å². The summed E-state index contributed by atoms with van der Waals surface area (Å²) >= 11 is 7.55. The Bertz CT molecular complexity index is 585. The normalized spacial score (nSPS) is 13.4. The van der Waals surface area contributed by atoms with E-state index in [1.165, 1.54) is 10.4 Å². The van der Waals surface area contributed by atoms with Gasteiger partial charge in [0, 0.05) is 18.0 Å². The average molecular weight is 310 g/mol. The highest BCUT2D eigenvalue weighted by molar-refractivity contribution is 7.16. The molecule has 3 nitrogen and oxygen atoms in total. The molecule has 0 radical (unpaired) electrons. The summed E-state index contributed by atoms with van der Waals surface area (Å²) in [6.45, 7) is 3.03. The smallest absolute Gasteiger partial charge is 0.161 e. The molecule has 0 saturated heterocycles. The number of halogens is 1. The quantitative estimate of drug-likeness (QED) is 0.857. The molecule has 0 spiro atoms. The molecular formula is C15H16ClNO2S. The molecule has 0 aliphatic carbocycles. The summed E-state index contributed by atoms with van der Waals surface area (Å²) in [5.74, 6) is 1.69. The van der Waals surface area contributed by atoms with Crippen molar-refractivity contribution in [3.8, 4) is 11.5 Å². The number of hydrogen-bond acceptors (Lipinski definition) is 4. The van der Waals surface area contributed by atoms with Gasteiger partial charge in [0.25, 0.3) is 0 Å². The molecule has 0 atom stereocenters. The number of hydrogen-bond donors (Lipinski definition) is 1. The summed E-state index contributed by atoms with van der Waals surface area (Å²) in [7, 11) is 0. The van der Waals surface area contributed by atoms with Crippen LogP contribution in [0.15, 0.2) is 30.3 Å². The van der Waals surface area contributed by atoms with Gasteiger partial charge in [0.15, 0.2) is 11.5 Å². The molecule has 1 aliphatic heterocycles. The Balaban J connectivity index is 1.48. The van der Waals surface area contributed by atoms with Crippen LogP contribution in [-0.4, -0.2) is 19.8 Å². The Morgan fingerprint density at radius 1 is 1.10 bits per heavy atom. The van der Waals surface area contributed by atoms with Crippen molar-refractivity contribution >= 4 is 22.9 Å². The summed E-state index contributed by atoms with van der Waals surface area (Å²) in [6, 6.07) is 10.1. The van der Waals surface area contributed by atoms with Crippen molar-refractivity contribution < 1.29 is 9.47 Å². The standard InChI is InChI=1S/C15H16ClNO2S/c16-15-4-2-12(20-15)5-6-17-10-11-1-3-13-14(9-11)19-8-7-18-13/h1-4,9,17H,5-8,10H2. The van der Waals surface area contributed by atoms with Crippen molar-refractivity contribution in [2.75, 3.05) is 19.8 Å². The minimum atomic E-state index is 0.628. The number of ether oxygens (including phenoxy) is 2. The van der Waals surface area contributed by atoms with Crippen molar-refractivity contribution in [3.63, 3.8) is 0 Å². The molecule has 1 aromatic carbocycles. The minimum absolute atomic E-state index is 0.628. The van der Waals surface area contributed by atoms with E-state index in [9.17, 15) is 0 Å². The van der Waals surface area contributed by atoms with Gasteiger partial charge in [-0.3, -0.25) is 0 Å². The lowest BCUT2D eigenvalue weighted by Gasteiger charge is -2.18. The van der Waals surface area contributed by atoms with Gasteiger partial charge in [-0.2, -0.15) is 0 Å². The second-order valence-corrected chi connectivity index (χ2v) is 6.41. The lowest BCUT2D eigenvalue weighted by molar-refractivity contribution is 0.171. The Kier molecular flexibility index (Phi) is 4.45. The van der Waals surface area contributed by atoms with E-state index >= 15 is 0 Å². The zero-order chi connectivity index (χ0) is 13.8. The van der Waals surface area contributed by atoms with Gasteiger partial charge in [0.1, 0.15) is 13.2 Å². The van der Waals surface area contributed by atoms with Gasteiger partial charge in [-0.1, -0.05) is 17.7 Å². The van der Waals surface area contributed by atoms with Crippen LogP contribution in [-0.2, 0) is 13.0 Å². The predicted octanol–water partition coefficient (Wildman–Crippen LogP) is 3.51. The Labute approximate surface area is 127 Å². The Morgan fingerprint density at radius 3 is 2.75 bits per heavy atom. The topological polar surface area (TPSA) is 30.5 Å². The lowest BCUT2D eigenvalue weighted by atomic mass is 10.2. The Morgan fingerprint density at radius 2 is 1.95 bits per heavy atom. The van der Waals surface area contributed by atoms with Gasteiger partial charge in [0.05, 0.1) is 4.34 Å². The van der Waals surface area contributed by atoms with E-state index in [1.54, 1.807) is 11.3 Å². The number of thiophene rings is 1. The summed E-state index contributed by atoms with van der Waals surface area (Å²) in [5, 5.41) is 3.43. The number of fused-ring (bicyclic) bond motifs is 1. The van der Waals surface area contributed by atoms with Crippen molar-refractivity contribution in [3.05, 3.63) is 45.1 Å². The largest absolute Gasteiger partial charge is 0.486 e. The SMILES string of the molecule is Clc1ccc(CCNCc2ccc3c(c2)OCCO3)s1. The molecule has 0 saturated carbocycles. The molecule has 2 heterocycles. The first-order chi connectivity index (χ1) is 9.81. The molecule has 1 aliphatic rings. The second-order valence-electron chi connectivity index (χ2n) is 4.61. The summed E-state index contributed by atoms with van der Waals surface area (Å²) < 4.78 is 11.9. The van der Waals surface area contributed by atoms with E-state index in [4.69, 9.17) is 21.1 Å². The predicted molar refractivity (Wildman–Crippen MR) is 82.2 cm³/mol. The van der Waals surface area contributed by atoms with Crippen LogP contribution < -0.4 is 14.8 Å². The van der Waals surface area contributed by atoms with E-state index in [2.05, 4.69) is 17.4 Å². The maximum Gasteiger partial charge on any atom is 0.161 e. The van der Waals surface area contributed by atoms with Crippen LogP contribution in [0.25, 0.3) is 0 Å². The lowest BCUT2D eigenvalue weighted by Crippen LogP contribution is -2.18. The third-order valence-corrected chi connectivity index (χ3v) is 4.40. The fourth-order valence-electron chi connectivity index (χ4n) is 2.13. The second kappa shape index (κ2) is 6.48. The molecule has 0 bridgehead atoms. The molecule has 0 unspecified atom stereocenters. The van der Waals surface area contributed by atoms with E-state index in [1.807, 2.05) is 18.2 Å². The van der Waals surface area contributed by atoms with Crippen LogP contribution in [0.4, 0.5) is 0 Å². The van der Waals surface area contributed by atoms with Crippen molar-refractivity contribution in [2.45, 2.75) is 13.0 Å². The monoisotopic (exact) mass is 309 g/mol. The highest BCUT2D eigenvalue weighted by atomic mass is 35.5. The van der Waals surface area contributed by atoms with Crippen LogP contribution in [0.3, 0.4) is 0 Å². The van der Waals surface area contributed by atoms with Crippen molar-refractivity contribution in [1.82, 2.24) is 5.32 Å². The van der Waals surface area contributed by atoms with Crippen LogP contribution >= 0.6 is 22.9 Å². The number of nitrogens with one attached hydrogen (secondary N) is 1. The molecule has 0 amide bonds. The molecule has 20 heavy (non-hydrogen) atoms. The van der Waals surface area contributed by atoms with E-state index in [-0.39, 0.29) is 0 Å². The highest BCUT2D eigenvalue weighted by Gasteiger charge is 2.11. The molecule has 1 N–H and O–H groups in total. The third-order valence-electron chi connectivity index (χ3n) is 3.11. The number of rotatable bonds is 5. The van der Waals surface area contributed by atoms with Gasteiger partial charge >= 0.3 is 0 Å².